The molecule has 6 nitrogen and oxygen atoms in total. The highest BCUT2D eigenvalue weighted by Crippen LogP contribution is 2.45. The third-order valence-corrected chi connectivity index (χ3v) is 7.49. The zero-order valence-electron chi connectivity index (χ0n) is 18.1. The molecule has 0 spiro atoms. The lowest BCUT2D eigenvalue weighted by Crippen LogP contribution is -2.16. The van der Waals surface area contributed by atoms with Crippen LogP contribution in [0.15, 0.2) is 58.2 Å². The van der Waals surface area contributed by atoms with Crippen molar-refractivity contribution in [1.82, 2.24) is 4.98 Å². The standard InChI is InChI=1S/C25H22N2O4S2/c1-2-30-24(29)21-17-12-11-15-7-3-4-8-16(15)22(17)33-23(21)27-20(28)13-14-32-25-26-18-9-5-6-10-19(18)31-25/h3-10H,2,11-14H2,1H3,(H,27,28). The van der Waals surface area contributed by atoms with Gasteiger partial charge in [-0.25, -0.2) is 9.78 Å². The summed E-state index contributed by atoms with van der Waals surface area (Å²) >= 11 is 2.84. The van der Waals surface area contributed by atoms with Gasteiger partial charge in [-0.2, -0.15) is 0 Å². The number of hydrogen-bond donors (Lipinski definition) is 1. The number of thioether (sulfide) groups is 1. The molecule has 1 aliphatic rings. The Bertz CT molecular complexity index is 1310. The second kappa shape index (κ2) is 9.41. The van der Waals surface area contributed by atoms with E-state index >= 15 is 0 Å². The van der Waals surface area contributed by atoms with Crippen molar-refractivity contribution in [2.24, 2.45) is 0 Å². The number of fused-ring (bicyclic) bond motifs is 4. The highest BCUT2D eigenvalue weighted by atomic mass is 32.2. The van der Waals surface area contributed by atoms with E-state index in [0.717, 1.165) is 39.9 Å². The molecule has 1 aliphatic carbocycles. The number of thiophene rings is 1. The highest BCUT2D eigenvalue weighted by Gasteiger charge is 2.29. The lowest BCUT2D eigenvalue weighted by molar-refractivity contribution is -0.115. The maximum absolute atomic E-state index is 12.8. The molecule has 33 heavy (non-hydrogen) atoms. The average Bonchev–Trinajstić information content (AvgIpc) is 3.40. The predicted octanol–water partition coefficient (Wildman–Crippen LogP) is 5.95. The molecule has 0 radical (unpaired) electrons. The number of rotatable bonds is 7. The fourth-order valence-corrected chi connectivity index (χ4v) is 6.07. The molecule has 0 fully saturated rings. The number of para-hydroxylation sites is 2. The summed E-state index contributed by atoms with van der Waals surface area (Å²) < 4.78 is 11.0. The van der Waals surface area contributed by atoms with E-state index in [-0.39, 0.29) is 24.9 Å². The van der Waals surface area contributed by atoms with Crippen LogP contribution in [-0.2, 0) is 22.4 Å². The second-order valence-corrected chi connectivity index (χ2v) is 9.65. The topological polar surface area (TPSA) is 81.4 Å². The number of carbonyl (C=O) groups excluding carboxylic acids is 2. The minimum absolute atomic E-state index is 0.156. The fraction of sp³-hybridized carbons (Fsp3) is 0.240. The van der Waals surface area contributed by atoms with Crippen LogP contribution in [0.1, 0.15) is 34.8 Å². The van der Waals surface area contributed by atoms with Gasteiger partial charge in [0.2, 0.25) is 5.91 Å². The lowest BCUT2D eigenvalue weighted by Gasteiger charge is -2.16. The lowest BCUT2D eigenvalue weighted by atomic mass is 9.89. The van der Waals surface area contributed by atoms with Crippen LogP contribution in [0.5, 0.6) is 0 Å². The van der Waals surface area contributed by atoms with Crippen LogP contribution in [0.25, 0.3) is 21.5 Å². The Morgan fingerprint density at radius 3 is 2.82 bits per heavy atom. The van der Waals surface area contributed by atoms with Gasteiger partial charge in [-0.05, 0) is 48.6 Å². The van der Waals surface area contributed by atoms with E-state index in [1.54, 1.807) is 6.92 Å². The molecular formula is C25H22N2O4S2. The van der Waals surface area contributed by atoms with E-state index in [1.165, 1.54) is 28.7 Å². The number of hydrogen-bond acceptors (Lipinski definition) is 7. The summed E-state index contributed by atoms with van der Waals surface area (Å²) in [6.07, 6.45) is 1.88. The van der Waals surface area contributed by atoms with Crippen molar-refractivity contribution in [2.75, 3.05) is 17.7 Å². The first-order valence-electron chi connectivity index (χ1n) is 10.8. The number of nitrogens with one attached hydrogen (secondary N) is 1. The molecule has 168 valence electrons. The number of oxazole rings is 1. The second-order valence-electron chi connectivity index (χ2n) is 7.59. The molecule has 0 saturated carbocycles. The van der Waals surface area contributed by atoms with Crippen molar-refractivity contribution in [1.29, 1.82) is 0 Å². The van der Waals surface area contributed by atoms with Crippen LogP contribution in [0.4, 0.5) is 5.00 Å². The van der Waals surface area contributed by atoms with Crippen molar-refractivity contribution >= 4 is 51.1 Å². The molecule has 2 aromatic carbocycles. The van der Waals surface area contributed by atoms with Crippen LogP contribution in [0.2, 0.25) is 0 Å². The van der Waals surface area contributed by atoms with Gasteiger partial charge in [-0.15, -0.1) is 11.3 Å². The Morgan fingerprint density at radius 1 is 1.15 bits per heavy atom. The van der Waals surface area contributed by atoms with Gasteiger partial charge < -0.3 is 14.5 Å². The summed E-state index contributed by atoms with van der Waals surface area (Å²) in [6, 6.07) is 15.8. The maximum Gasteiger partial charge on any atom is 0.341 e. The third kappa shape index (κ3) is 4.41. The van der Waals surface area contributed by atoms with Gasteiger partial charge in [-0.1, -0.05) is 48.2 Å². The molecular weight excluding hydrogens is 456 g/mol. The Kier molecular flexibility index (Phi) is 6.20. The summed E-state index contributed by atoms with van der Waals surface area (Å²) in [4.78, 5) is 31.0. The van der Waals surface area contributed by atoms with Crippen LogP contribution in [0, 0.1) is 0 Å². The molecule has 2 aromatic heterocycles. The van der Waals surface area contributed by atoms with Gasteiger partial charge in [-0.3, -0.25) is 4.79 Å². The Labute approximate surface area is 199 Å². The first-order valence-corrected chi connectivity index (χ1v) is 12.6. The summed E-state index contributed by atoms with van der Waals surface area (Å²) in [7, 11) is 0. The highest BCUT2D eigenvalue weighted by molar-refractivity contribution is 7.99. The van der Waals surface area contributed by atoms with E-state index in [0.29, 0.717) is 21.5 Å². The summed E-state index contributed by atoms with van der Waals surface area (Å²) in [5.74, 6) is -0.0250. The molecule has 0 saturated heterocycles. The fourth-order valence-electron chi connectivity index (χ4n) is 3.98. The van der Waals surface area contributed by atoms with Crippen molar-refractivity contribution in [2.45, 2.75) is 31.4 Å². The molecule has 4 aromatic rings. The molecule has 1 amide bonds. The quantitative estimate of drug-likeness (QED) is 0.261. The minimum atomic E-state index is -0.384. The van der Waals surface area contributed by atoms with Crippen molar-refractivity contribution in [3.05, 3.63) is 65.2 Å². The van der Waals surface area contributed by atoms with E-state index in [9.17, 15) is 9.59 Å². The maximum atomic E-state index is 12.8. The van der Waals surface area contributed by atoms with Crippen LogP contribution < -0.4 is 5.32 Å². The minimum Gasteiger partial charge on any atom is -0.462 e. The van der Waals surface area contributed by atoms with Gasteiger partial charge >= 0.3 is 5.97 Å². The number of benzene rings is 2. The van der Waals surface area contributed by atoms with Crippen molar-refractivity contribution in [3.63, 3.8) is 0 Å². The Morgan fingerprint density at radius 2 is 1.97 bits per heavy atom. The molecule has 0 bridgehead atoms. The largest absolute Gasteiger partial charge is 0.462 e. The first kappa shape index (κ1) is 21.7. The normalized spacial score (nSPS) is 12.3. The van der Waals surface area contributed by atoms with E-state index in [4.69, 9.17) is 9.15 Å². The van der Waals surface area contributed by atoms with Gasteiger partial charge in [0.1, 0.15) is 10.5 Å². The smallest absolute Gasteiger partial charge is 0.341 e. The number of aromatic nitrogens is 1. The molecule has 8 heteroatoms. The first-order chi connectivity index (χ1) is 16.1. The van der Waals surface area contributed by atoms with E-state index in [2.05, 4.69) is 22.4 Å². The molecule has 2 heterocycles. The van der Waals surface area contributed by atoms with Gasteiger partial charge in [0.15, 0.2) is 5.58 Å². The van der Waals surface area contributed by atoms with Gasteiger partial charge in [0, 0.05) is 17.1 Å². The molecule has 1 N–H and O–H groups in total. The summed E-state index contributed by atoms with van der Waals surface area (Å²) in [6.45, 7) is 2.07. The number of ether oxygens (including phenoxy) is 1. The summed E-state index contributed by atoms with van der Waals surface area (Å²) in [5.41, 5.74) is 5.37. The van der Waals surface area contributed by atoms with Gasteiger partial charge in [0.05, 0.1) is 12.2 Å². The number of amides is 1. The summed E-state index contributed by atoms with van der Waals surface area (Å²) in [5, 5.41) is 4.07. The zero-order valence-corrected chi connectivity index (χ0v) is 19.7. The Hall–Kier alpha value is -3.10. The number of aryl methyl sites for hydroxylation is 1. The number of anilines is 1. The van der Waals surface area contributed by atoms with Crippen molar-refractivity contribution in [3.8, 4) is 10.4 Å². The van der Waals surface area contributed by atoms with Crippen LogP contribution in [0.3, 0.4) is 0 Å². The zero-order chi connectivity index (χ0) is 22.8. The number of carbonyl (C=O) groups is 2. The van der Waals surface area contributed by atoms with Crippen LogP contribution in [-0.4, -0.2) is 29.2 Å². The monoisotopic (exact) mass is 478 g/mol. The SMILES string of the molecule is CCOC(=O)c1c(NC(=O)CCSc2nc3ccccc3o2)sc2c1CCc1ccccc1-2. The van der Waals surface area contributed by atoms with E-state index in [1.807, 2.05) is 36.4 Å². The predicted molar refractivity (Wildman–Crippen MR) is 131 cm³/mol. The molecule has 5 rings (SSSR count). The van der Waals surface area contributed by atoms with Crippen LogP contribution >= 0.6 is 23.1 Å². The van der Waals surface area contributed by atoms with Crippen molar-refractivity contribution < 1.29 is 18.7 Å². The number of esters is 1. The van der Waals surface area contributed by atoms with Gasteiger partial charge in [0.25, 0.3) is 5.22 Å². The molecule has 0 aliphatic heterocycles. The average molecular weight is 479 g/mol. The van der Waals surface area contributed by atoms with E-state index < -0.39 is 0 Å². The molecule has 0 atom stereocenters. The number of nitrogens with zero attached hydrogens (tertiary/aromatic N) is 1. The third-order valence-electron chi connectivity index (χ3n) is 5.47. The molecule has 0 unspecified atom stereocenters. The Balaban J connectivity index is 1.32.